The van der Waals surface area contributed by atoms with E-state index in [1.54, 1.807) is 5.51 Å². The molecule has 7 heteroatoms. The van der Waals surface area contributed by atoms with Crippen molar-refractivity contribution in [1.82, 2.24) is 10.2 Å². The van der Waals surface area contributed by atoms with E-state index >= 15 is 0 Å². The third-order valence-corrected chi connectivity index (χ3v) is 3.84. The lowest BCUT2D eigenvalue weighted by atomic mass is 9.78. The van der Waals surface area contributed by atoms with Crippen LogP contribution in [0.5, 0.6) is 0 Å². The van der Waals surface area contributed by atoms with E-state index in [1.165, 1.54) is 11.3 Å². The molecule has 1 aromatic rings. The maximum Gasteiger partial charge on any atom is 0.239 e. The fraction of sp³-hybridized carbons (Fsp3) is 0.636. The molecule has 1 heterocycles. The molecule has 0 unspecified atom stereocenters. The number of thiocarbonyl (C=S) groups is 1. The SMILES string of the molecule is CCCC(CCC)(C(=O)Nc1nncs1)C(N)=S. The van der Waals surface area contributed by atoms with Gasteiger partial charge in [-0.3, -0.25) is 10.1 Å². The van der Waals surface area contributed by atoms with Gasteiger partial charge in [-0.05, 0) is 12.8 Å². The number of amides is 1. The standard InChI is InChI=1S/C11H18N4OS2/c1-3-5-11(6-4-2,8(12)17)9(16)14-10-15-13-7-18-10/h7H,3-6H2,1-2H3,(H2,12,17)(H,14,15,16). The Morgan fingerprint density at radius 2 is 2.11 bits per heavy atom. The summed E-state index contributed by atoms with van der Waals surface area (Å²) in [4.78, 5) is 12.7. The summed E-state index contributed by atoms with van der Waals surface area (Å²) in [7, 11) is 0. The zero-order valence-corrected chi connectivity index (χ0v) is 12.2. The smallest absolute Gasteiger partial charge is 0.239 e. The highest BCUT2D eigenvalue weighted by Crippen LogP contribution is 2.32. The fourth-order valence-electron chi connectivity index (χ4n) is 2.01. The largest absolute Gasteiger partial charge is 0.392 e. The molecule has 0 bridgehead atoms. The monoisotopic (exact) mass is 286 g/mol. The molecule has 0 spiro atoms. The van der Waals surface area contributed by atoms with E-state index in [0.717, 1.165) is 12.8 Å². The number of hydrogen-bond acceptors (Lipinski definition) is 5. The first-order valence-corrected chi connectivity index (χ1v) is 7.23. The Hall–Kier alpha value is -1.08. The lowest BCUT2D eigenvalue weighted by Gasteiger charge is -2.30. The molecule has 5 nitrogen and oxygen atoms in total. The van der Waals surface area contributed by atoms with Crippen molar-refractivity contribution < 1.29 is 4.79 Å². The van der Waals surface area contributed by atoms with Gasteiger partial charge in [0.05, 0.1) is 10.4 Å². The van der Waals surface area contributed by atoms with Crippen LogP contribution in [0.3, 0.4) is 0 Å². The number of aromatic nitrogens is 2. The van der Waals surface area contributed by atoms with Gasteiger partial charge >= 0.3 is 0 Å². The molecule has 0 saturated carbocycles. The van der Waals surface area contributed by atoms with E-state index < -0.39 is 5.41 Å². The fourth-order valence-corrected chi connectivity index (χ4v) is 2.75. The van der Waals surface area contributed by atoms with Gasteiger partial charge in [-0.2, -0.15) is 0 Å². The average molecular weight is 286 g/mol. The van der Waals surface area contributed by atoms with Gasteiger partial charge in [0.15, 0.2) is 0 Å². The Bertz CT molecular complexity index is 399. The van der Waals surface area contributed by atoms with Gasteiger partial charge in [0, 0.05) is 0 Å². The molecule has 0 fully saturated rings. The Balaban J connectivity index is 2.93. The number of rotatable bonds is 7. The van der Waals surface area contributed by atoms with Gasteiger partial charge in [0.25, 0.3) is 0 Å². The lowest BCUT2D eigenvalue weighted by Crippen LogP contribution is -2.46. The third kappa shape index (κ3) is 3.23. The molecule has 18 heavy (non-hydrogen) atoms. The van der Waals surface area contributed by atoms with Gasteiger partial charge in [-0.25, -0.2) is 0 Å². The topological polar surface area (TPSA) is 80.9 Å². The van der Waals surface area contributed by atoms with Gasteiger partial charge in [0.1, 0.15) is 5.51 Å². The van der Waals surface area contributed by atoms with E-state index in [0.29, 0.717) is 18.0 Å². The van der Waals surface area contributed by atoms with Crippen molar-refractivity contribution in [3.8, 4) is 0 Å². The molecule has 0 aromatic carbocycles. The van der Waals surface area contributed by atoms with Crippen LogP contribution in [-0.4, -0.2) is 21.1 Å². The summed E-state index contributed by atoms with van der Waals surface area (Å²) in [6, 6.07) is 0. The van der Waals surface area contributed by atoms with Crippen LogP contribution in [0, 0.1) is 5.41 Å². The van der Waals surface area contributed by atoms with Crippen molar-refractivity contribution in [2.75, 3.05) is 5.32 Å². The Morgan fingerprint density at radius 1 is 1.50 bits per heavy atom. The number of anilines is 1. The van der Waals surface area contributed by atoms with Crippen LogP contribution in [-0.2, 0) is 4.79 Å². The molecule has 3 N–H and O–H groups in total. The third-order valence-electron chi connectivity index (χ3n) is 2.84. The zero-order chi connectivity index (χ0) is 13.6. The maximum absolute atomic E-state index is 12.4. The van der Waals surface area contributed by atoms with Gasteiger partial charge in [-0.15, -0.1) is 10.2 Å². The van der Waals surface area contributed by atoms with E-state index in [-0.39, 0.29) is 10.9 Å². The Morgan fingerprint density at radius 3 is 2.50 bits per heavy atom. The second kappa shape index (κ2) is 6.75. The van der Waals surface area contributed by atoms with Crippen LogP contribution in [0.4, 0.5) is 5.13 Å². The summed E-state index contributed by atoms with van der Waals surface area (Å²) in [6.45, 7) is 4.03. The summed E-state index contributed by atoms with van der Waals surface area (Å²) in [5.41, 5.74) is 6.61. The predicted molar refractivity (Wildman–Crippen MR) is 77.6 cm³/mol. The molecule has 100 valence electrons. The van der Waals surface area contributed by atoms with E-state index in [2.05, 4.69) is 15.5 Å². The number of nitrogens with zero attached hydrogens (tertiary/aromatic N) is 2. The highest BCUT2D eigenvalue weighted by atomic mass is 32.1. The minimum Gasteiger partial charge on any atom is -0.392 e. The molecule has 0 radical (unpaired) electrons. The molecule has 0 aliphatic heterocycles. The molecule has 0 aliphatic rings. The molecular weight excluding hydrogens is 268 g/mol. The van der Waals surface area contributed by atoms with Gasteiger partial charge in [0.2, 0.25) is 11.0 Å². The van der Waals surface area contributed by atoms with Crippen LogP contribution in [0.25, 0.3) is 0 Å². The Kier molecular flexibility index (Phi) is 5.61. The van der Waals surface area contributed by atoms with Crippen molar-refractivity contribution in [3.63, 3.8) is 0 Å². The second-order valence-electron chi connectivity index (χ2n) is 4.14. The first-order valence-electron chi connectivity index (χ1n) is 5.94. The van der Waals surface area contributed by atoms with Crippen molar-refractivity contribution in [1.29, 1.82) is 0 Å². The molecule has 1 aromatic heterocycles. The van der Waals surface area contributed by atoms with Crippen LogP contribution >= 0.6 is 23.6 Å². The second-order valence-corrected chi connectivity index (χ2v) is 5.42. The van der Waals surface area contributed by atoms with Crippen LogP contribution in [0.1, 0.15) is 39.5 Å². The van der Waals surface area contributed by atoms with Crippen molar-refractivity contribution >= 4 is 39.6 Å². The summed E-state index contributed by atoms with van der Waals surface area (Å²) < 4.78 is 0. The molecule has 0 atom stereocenters. The number of nitrogens with one attached hydrogen (secondary N) is 1. The summed E-state index contributed by atoms with van der Waals surface area (Å²) in [6.07, 6.45) is 3.00. The number of nitrogens with two attached hydrogens (primary N) is 1. The Labute approximate surface area is 116 Å². The maximum atomic E-state index is 12.4. The van der Waals surface area contributed by atoms with Gasteiger partial charge < -0.3 is 5.73 Å². The van der Waals surface area contributed by atoms with Crippen molar-refractivity contribution in [3.05, 3.63) is 5.51 Å². The molecule has 1 rings (SSSR count). The highest BCUT2D eigenvalue weighted by Gasteiger charge is 2.40. The number of carbonyl (C=O) groups excluding carboxylic acids is 1. The van der Waals surface area contributed by atoms with E-state index in [4.69, 9.17) is 18.0 Å². The van der Waals surface area contributed by atoms with Gasteiger partial charge in [-0.1, -0.05) is 50.2 Å². The molecule has 0 aliphatic carbocycles. The average Bonchev–Trinajstić information content (AvgIpc) is 2.80. The quantitative estimate of drug-likeness (QED) is 0.752. The van der Waals surface area contributed by atoms with Crippen molar-refractivity contribution in [2.45, 2.75) is 39.5 Å². The van der Waals surface area contributed by atoms with Crippen molar-refractivity contribution in [2.24, 2.45) is 11.1 Å². The molecular formula is C11H18N4OS2. The minimum absolute atomic E-state index is 0.171. The number of hydrogen-bond donors (Lipinski definition) is 2. The number of carbonyl (C=O) groups is 1. The summed E-state index contributed by atoms with van der Waals surface area (Å²) in [5, 5.41) is 10.7. The molecule has 1 amide bonds. The van der Waals surface area contributed by atoms with Crippen LogP contribution < -0.4 is 11.1 Å². The zero-order valence-electron chi connectivity index (χ0n) is 10.6. The van der Waals surface area contributed by atoms with E-state index in [1.807, 2.05) is 13.8 Å². The van der Waals surface area contributed by atoms with Crippen LogP contribution in [0.15, 0.2) is 5.51 Å². The first-order chi connectivity index (χ1) is 8.56. The van der Waals surface area contributed by atoms with E-state index in [9.17, 15) is 4.79 Å². The summed E-state index contributed by atoms with van der Waals surface area (Å²) in [5.74, 6) is -0.171. The lowest BCUT2D eigenvalue weighted by molar-refractivity contribution is -0.122. The molecule has 0 saturated heterocycles. The van der Waals surface area contributed by atoms with Crippen LogP contribution in [0.2, 0.25) is 0 Å². The predicted octanol–water partition coefficient (Wildman–Crippen LogP) is 2.35. The summed E-state index contributed by atoms with van der Waals surface area (Å²) >= 11 is 6.39. The first kappa shape index (κ1) is 15.0. The minimum atomic E-state index is -0.773. The highest BCUT2D eigenvalue weighted by molar-refractivity contribution is 7.80. The normalized spacial score (nSPS) is 11.2.